The smallest absolute Gasteiger partial charge is 0.0683 e. The van der Waals surface area contributed by atoms with E-state index in [9.17, 15) is 4.21 Å². The van der Waals surface area contributed by atoms with Crippen LogP contribution in [0.25, 0.3) is 0 Å². The van der Waals surface area contributed by atoms with E-state index < -0.39 is 10.8 Å². The number of nitrogens with zero attached hydrogens (tertiary/aromatic N) is 1. The number of unbranched alkanes of at least 4 members (excludes halogenated alkanes) is 1. The van der Waals surface area contributed by atoms with Crippen LogP contribution >= 0.6 is 0 Å². The zero-order valence-electron chi connectivity index (χ0n) is 12.3. The normalized spacial score (nSPS) is 13.0. The first-order valence-corrected chi connectivity index (χ1v) is 8.04. The fourth-order valence-corrected chi connectivity index (χ4v) is 3.34. The van der Waals surface area contributed by atoms with Gasteiger partial charge in [0.25, 0.3) is 0 Å². The van der Waals surface area contributed by atoms with Gasteiger partial charge in [-0.15, -0.1) is 0 Å². The molecule has 1 rings (SSSR count). The fraction of sp³-hybridized carbons (Fsp3) is 0.562. The van der Waals surface area contributed by atoms with Crippen molar-refractivity contribution in [1.29, 1.82) is 5.26 Å². The monoisotopic (exact) mass is 277 g/mol. The third-order valence-corrected chi connectivity index (χ3v) is 4.87. The molecule has 2 nitrogen and oxygen atoms in total. The van der Waals surface area contributed by atoms with Gasteiger partial charge in [-0.2, -0.15) is 5.26 Å². The molecule has 104 valence electrons. The van der Waals surface area contributed by atoms with Crippen LogP contribution in [0.2, 0.25) is 0 Å². The minimum absolute atomic E-state index is 0.263. The maximum Gasteiger partial charge on any atom is 0.0683 e. The zero-order chi connectivity index (χ0) is 14.5. The van der Waals surface area contributed by atoms with Crippen LogP contribution in [-0.2, 0) is 10.8 Å². The second-order valence-corrected chi connectivity index (χ2v) is 7.31. The number of nitriles is 1. The molecule has 0 saturated heterocycles. The Kier molecular flexibility index (Phi) is 5.75. The molecule has 0 saturated carbocycles. The predicted octanol–water partition coefficient (Wildman–Crippen LogP) is 4.13. The Balaban J connectivity index is 2.46. The van der Waals surface area contributed by atoms with E-state index in [2.05, 4.69) is 12.1 Å². The van der Waals surface area contributed by atoms with Crippen molar-refractivity contribution in [1.82, 2.24) is 0 Å². The van der Waals surface area contributed by atoms with Crippen LogP contribution in [-0.4, -0.2) is 9.96 Å². The SMILES string of the molecule is Cc1ccc(S(=O)CCCCC(C)(C)C#N)c(C)c1. The zero-order valence-corrected chi connectivity index (χ0v) is 13.1. The Bertz CT molecular complexity index is 500. The number of benzene rings is 1. The summed E-state index contributed by atoms with van der Waals surface area (Å²) in [5.41, 5.74) is 2.05. The van der Waals surface area contributed by atoms with E-state index in [0.717, 1.165) is 29.7 Å². The molecule has 1 aromatic rings. The standard InChI is InChI=1S/C16H23NOS/c1-13-7-8-15(14(2)11-13)19(18)10-6-5-9-16(3,4)12-17/h7-8,11H,5-6,9-10H2,1-4H3. The Morgan fingerprint density at radius 2 is 1.95 bits per heavy atom. The van der Waals surface area contributed by atoms with Gasteiger partial charge in [-0.1, -0.05) is 24.1 Å². The minimum atomic E-state index is -0.916. The lowest BCUT2D eigenvalue weighted by Crippen LogP contribution is -2.08. The number of hydrogen-bond acceptors (Lipinski definition) is 2. The van der Waals surface area contributed by atoms with Crippen molar-refractivity contribution in [2.45, 2.75) is 51.9 Å². The van der Waals surface area contributed by atoms with Gasteiger partial charge in [0, 0.05) is 10.6 Å². The van der Waals surface area contributed by atoms with E-state index in [0.29, 0.717) is 5.75 Å². The number of aryl methyl sites for hydroxylation is 2. The van der Waals surface area contributed by atoms with E-state index in [1.807, 2.05) is 39.8 Å². The molecule has 19 heavy (non-hydrogen) atoms. The van der Waals surface area contributed by atoms with Crippen LogP contribution in [0, 0.1) is 30.6 Å². The van der Waals surface area contributed by atoms with Gasteiger partial charge in [-0.25, -0.2) is 0 Å². The largest absolute Gasteiger partial charge is 0.254 e. The fourth-order valence-electron chi connectivity index (χ4n) is 2.02. The number of rotatable bonds is 6. The van der Waals surface area contributed by atoms with E-state index in [1.54, 1.807) is 0 Å². The van der Waals surface area contributed by atoms with Gasteiger partial charge in [0.1, 0.15) is 0 Å². The second kappa shape index (κ2) is 6.86. The summed E-state index contributed by atoms with van der Waals surface area (Å²) >= 11 is 0. The van der Waals surface area contributed by atoms with Crippen molar-refractivity contribution in [3.63, 3.8) is 0 Å². The van der Waals surface area contributed by atoms with Gasteiger partial charge in [-0.05, 0) is 52.2 Å². The molecule has 0 aliphatic carbocycles. The molecule has 0 heterocycles. The summed E-state index contributed by atoms with van der Waals surface area (Å²) in [6, 6.07) is 8.36. The van der Waals surface area contributed by atoms with Crippen molar-refractivity contribution in [3.8, 4) is 6.07 Å². The van der Waals surface area contributed by atoms with Crippen molar-refractivity contribution < 1.29 is 4.21 Å². The predicted molar refractivity (Wildman–Crippen MR) is 80.4 cm³/mol. The molecule has 0 aromatic heterocycles. The highest BCUT2D eigenvalue weighted by Crippen LogP contribution is 2.22. The minimum Gasteiger partial charge on any atom is -0.254 e. The van der Waals surface area contributed by atoms with Crippen molar-refractivity contribution in [2.75, 3.05) is 5.75 Å². The Morgan fingerprint density at radius 1 is 1.26 bits per heavy atom. The summed E-state index contributed by atoms with van der Waals surface area (Å²) in [5, 5.41) is 8.93. The lowest BCUT2D eigenvalue weighted by Gasteiger charge is -2.14. The van der Waals surface area contributed by atoms with Crippen LogP contribution in [0.1, 0.15) is 44.2 Å². The quantitative estimate of drug-likeness (QED) is 0.733. The molecule has 0 aliphatic rings. The summed E-state index contributed by atoms with van der Waals surface area (Å²) in [4.78, 5) is 0.949. The molecular weight excluding hydrogens is 254 g/mol. The molecular formula is C16H23NOS. The summed E-state index contributed by atoms with van der Waals surface area (Å²) in [6.45, 7) is 7.96. The highest BCUT2D eigenvalue weighted by Gasteiger charge is 2.16. The maximum absolute atomic E-state index is 12.2. The van der Waals surface area contributed by atoms with Crippen LogP contribution in [0.4, 0.5) is 0 Å². The molecule has 0 radical (unpaired) electrons. The van der Waals surface area contributed by atoms with Crippen molar-refractivity contribution in [3.05, 3.63) is 29.3 Å². The van der Waals surface area contributed by atoms with E-state index in [4.69, 9.17) is 5.26 Å². The van der Waals surface area contributed by atoms with E-state index in [-0.39, 0.29) is 5.41 Å². The van der Waals surface area contributed by atoms with Gasteiger partial charge in [0.05, 0.1) is 22.3 Å². The summed E-state index contributed by atoms with van der Waals surface area (Å²) in [6.07, 6.45) is 2.73. The summed E-state index contributed by atoms with van der Waals surface area (Å²) < 4.78 is 12.2. The molecule has 0 bridgehead atoms. The molecule has 0 aliphatic heterocycles. The number of hydrogen-bond donors (Lipinski definition) is 0. The molecule has 0 spiro atoms. The van der Waals surface area contributed by atoms with Crippen LogP contribution in [0.3, 0.4) is 0 Å². The Hall–Kier alpha value is -1.14. The molecule has 1 atom stereocenters. The highest BCUT2D eigenvalue weighted by molar-refractivity contribution is 7.85. The molecule has 0 fully saturated rings. The molecule has 1 unspecified atom stereocenters. The van der Waals surface area contributed by atoms with Crippen molar-refractivity contribution in [2.24, 2.45) is 5.41 Å². The van der Waals surface area contributed by atoms with Crippen LogP contribution in [0.5, 0.6) is 0 Å². The lowest BCUT2D eigenvalue weighted by atomic mass is 9.89. The molecule has 1 aromatic carbocycles. The van der Waals surface area contributed by atoms with Gasteiger partial charge < -0.3 is 0 Å². The van der Waals surface area contributed by atoms with Gasteiger partial charge in [-0.3, -0.25) is 4.21 Å². The first-order chi connectivity index (χ1) is 8.85. The third kappa shape index (κ3) is 5.16. The van der Waals surface area contributed by atoms with Crippen LogP contribution < -0.4 is 0 Å². The average Bonchev–Trinajstić information content (AvgIpc) is 2.34. The van der Waals surface area contributed by atoms with Crippen molar-refractivity contribution >= 4 is 10.8 Å². The highest BCUT2D eigenvalue weighted by atomic mass is 32.2. The molecule has 0 amide bonds. The topological polar surface area (TPSA) is 40.9 Å². The molecule has 3 heteroatoms. The molecule has 0 N–H and O–H groups in total. The van der Waals surface area contributed by atoms with Gasteiger partial charge in [0.2, 0.25) is 0 Å². The lowest BCUT2D eigenvalue weighted by molar-refractivity contribution is 0.432. The van der Waals surface area contributed by atoms with Gasteiger partial charge >= 0.3 is 0 Å². The van der Waals surface area contributed by atoms with Gasteiger partial charge in [0.15, 0.2) is 0 Å². The second-order valence-electron chi connectivity index (χ2n) is 5.77. The first kappa shape index (κ1) is 15.9. The summed E-state index contributed by atoms with van der Waals surface area (Å²) in [5.74, 6) is 0.686. The van der Waals surface area contributed by atoms with Crippen LogP contribution in [0.15, 0.2) is 23.1 Å². The Labute approximate surface area is 119 Å². The van der Waals surface area contributed by atoms with E-state index >= 15 is 0 Å². The summed E-state index contributed by atoms with van der Waals surface area (Å²) in [7, 11) is -0.916. The average molecular weight is 277 g/mol. The van der Waals surface area contributed by atoms with E-state index in [1.165, 1.54) is 5.56 Å². The maximum atomic E-state index is 12.2. The Morgan fingerprint density at radius 3 is 2.53 bits per heavy atom. The third-order valence-electron chi connectivity index (χ3n) is 3.26. The first-order valence-electron chi connectivity index (χ1n) is 6.72.